The maximum atomic E-state index is 11.7. The monoisotopic (exact) mass is 358 g/mol. The van der Waals surface area contributed by atoms with Crippen molar-refractivity contribution in [1.29, 1.82) is 0 Å². The maximum Gasteiger partial charge on any atom is 0.414 e. The van der Waals surface area contributed by atoms with Crippen molar-refractivity contribution in [2.75, 3.05) is 20.6 Å². The van der Waals surface area contributed by atoms with Crippen molar-refractivity contribution in [1.82, 2.24) is 15.3 Å². The molecule has 0 saturated carbocycles. The van der Waals surface area contributed by atoms with Crippen LogP contribution in [0.2, 0.25) is 0 Å². The number of hydrogen-bond donors (Lipinski definition) is 3. The lowest BCUT2D eigenvalue weighted by atomic mass is 10.2. The van der Waals surface area contributed by atoms with Crippen LogP contribution in [-0.4, -0.2) is 48.8 Å². The van der Waals surface area contributed by atoms with Crippen LogP contribution in [0, 0.1) is 0 Å². The van der Waals surface area contributed by atoms with Gasteiger partial charge in [-0.25, -0.2) is 10.2 Å². The fraction of sp³-hybridized carbons (Fsp3) is 0.389. The lowest BCUT2D eigenvalue weighted by molar-refractivity contribution is 0.172. The molecule has 0 aliphatic rings. The zero-order valence-electron chi connectivity index (χ0n) is 15.5. The first-order valence-corrected chi connectivity index (χ1v) is 8.60. The van der Waals surface area contributed by atoms with E-state index in [4.69, 9.17) is 10.5 Å². The van der Waals surface area contributed by atoms with Gasteiger partial charge in [0.2, 0.25) is 5.96 Å². The molecule has 1 heterocycles. The minimum Gasteiger partial charge on any atom is -0.410 e. The Balaban J connectivity index is 2.03. The van der Waals surface area contributed by atoms with Crippen molar-refractivity contribution in [3.8, 4) is 5.75 Å². The van der Waals surface area contributed by atoms with E-state index in [1.165, 1.54) is 4.90 Å². The van der Waals surface area contributed by atoms with E-state index in [0.717, 1.165) is 35.7 Å². The number of hydrazone groups is 1. The minimum atomic E-state index is -0.427. The summed E-state index contributed by atoms with van der Waals surface area (Å²) in [6.45, 7) is 2.83. The van der Waals surface area contributed by atoms with Crippen molar-refractivity contribution < 1.29 is 9.53 Å². The van der Waals surface area contributed by atoms with Crippen LogP contribution in [0.5, 0.6) is 5.75 Å². The standard InChI is InChI=1S/C18H26N6O2/c1-4-5-6-9-20-17(19)23-22-12-13-11-21-16-8-7-14(10-15(13)16)26-18(25)24(2)3/h7-8,10-12,21H,4-6,9H2,1-3H3,(H3,19,20,23)/b22-12+. The number of unbranched alkanes of at least 4 members (excludes halogenated alkanes) is 2. The summed E-state index contributed by atoms with van der Waals surface area (Å²) < 4.78 is 5.29. The second kappa shape index (κ2) is 9.45. The van der Waals surface area contributed by atoms with Gasteiger partial charge in [0.25, 0.3) is 0 Å². The highest BCUT2D eigenvalue weighted by Crippen LogP contribution is 2.23. The van der Waals surface area contributed by atoms with Gasteiger partial charge in [-0.05, 0) is 24.6 Å². The molecule has 0 spiro atoms. The molecule has 2 rings (SSSR count). The first-order valence-electron chi connectivity index (χ1n) is 8.60. The summed E-state index contributed by atoms with van der Waals surface area (Å²) in [5.41, 5.74) is 10.2. The van der Waals surface area contributed by atoms with Crippen LogP contribution < -0.4 is 15.9 Å². The number of hydrogen-bond acceptors (Lipinski definition) is 4. The Kier molecular flexibility index (Phi) is 7.02. The van der Waals surface area contributed by atoms with Crippen molar-refractivity contribution in [2.45, 2.75) is 26.2 Å². The fourth-order valence-electron chi connectivity index (χ4n) is 2.25. The molecule has 8 nitrogen and oxygen atoms in total. The van der Waals surface area contributed by atoms with Crippen molar-refractivity contribution in [3.05, 3.63) is 30.0 Å². The molecule has 1 aromatic carbocycles. The molecule has 0 aliphatic carbocycles. The molecule has 140 valence electrons. The van der Waals surface area contributed by atoms with Gasteiger partial charge in [0, 0.05) is 43.3 Å². The Morgan fingerprint density at radius 3 is 2.92 bits per heavy atom. The van der Waals surface area contributed by atoms with Crippen LogP contribution >= 0.6 is 0 Å². The van der Waals surface area contributed by atoms with Gasteiger partial charge >= 0.3 is 6.09 Å². The molecule has 0 fully saturated rings. The topological polar surface area (TPSA) is 108 Å². The summed E-state index contributed by atoms with van der Waals surface area (Å²) in [7, 11) is 3.27. The van der Waals surface area contributed by atoms with Gasteiger partial charge in [-0.1, -0.05) is 19.8 Å². The van der Waals surface area contributed by atoms with E-state index in [2.05, 4.69) is 27.4 Å². The number of amides is 1. The molecule has 1 aromatic heterocycles. The lowest BCUT2D eigenvalue weighted by Crippen LogP contribution is -2.27. The Hall–Kier alpha value is -3.03. The number of H-pyrrole nitrogens is 1. The quantitative estimate of drug-likeness (QED) is 0.306. The summed E-state index contributed by atoms with van der Waals surface area (Å²) >= 11 is 0. The molecule has 0 unspecified atom stereocenters. The third-order valence-electron chi connectivity index (χ3n) is 3.68. The molecule has 0 saturated heterocycles. The van der Waals surface area contributed by atoms with Gasteiger partial charge in [0.05, 0.1) is 6.21 Å². The number of carbonyl (C=O) groups excluding carboxylic acids is 1. The lowest BCUT2D eigenvalue weighted by Gasteiger charge is -2.10. The number of benzene rings is 1. The van der Waals surface area contributed by atoms with Gasteiger partial charge in [-0.3, -0.25) is 4.99 Å². The Labute approximate surface area is 153 Å². The Morgan fingerprint density at radius 1 is 1.38 bits per heavy atom. The first-order chi connectivity index (χ1) is 12.5. The predicted octanol–water partition coefficient (Wildman–Crippen LogP) is 2.66. The fourth-order valence-corrected chi connectivity index (χ4v) is 2.25. The number of carbonyl (C=O) groups is 1. The SMILES string of the molecule is CCCCCN=C(N)N/N=C/c1c[nH]c2ccc(OC(=O)N(C)C)cc12. The van der Waals surface area contributed by atoms with E-state index < -0.39 is 6.09 Å². The first kappa shape index (κ1) is 19.3. The van der Waals surface area contributed by atoms with Gasteiger partial charge in [0.1, 0.15) is 5.75 Å². The average molecular weight is 358 g/mol. The molecule has 8 heteroatoms. The van der Waals surface area contributed by atoms with Gasteiger partial charge in [-0.2, -0.15) is 5.10 Å². The molecule has 0 bridgehead atoms. The summed E-state index contributed by atoms with van der Waals surface area (Å²) in [6, 6.07) is 5.37. The Morgan fingerprint density at radius 2 is 2.19 bits per heavy atom. The van der Waals surface area contributed by atoms with E-state index in [0.29, 0.717) is 12.3 Å². The molecule has 2 aromatic rings. The molecule has 0 radical (unpaired) electrons. The van der Waals surface area contributed by atoms with Crippen LogP contribution in [0.3, 0.4) is 0 Å². The van der Waals surface area contributed by atoms with Crippen LogP contribution in [0.1, 0.15) is 31.7 Å². The third kappa shape index (κ3) is 5.51. The molecule has 4 N–H and O–H groups in total. The highest BCUT2D eigenvalue weighted by molar-refractivity contribution is 6.00. The number of ether oxygens (including phenoxy) is 1. The van der Waals surface area contributed by atoms with Crippen LogP contribution in [0.4, 0.5) is 4.79 Å². The highest BCUT2D eigenvalue weighted by atomic mass is 16.6. The molecule has 26 heavy (non-hydrogen) atoms. The number of rotatable bonds is 7. The molecular weight excluding hydrogens is 332 g/mol. The molecule has 0 atom stereocenters. The molecule has 0 aliphatic heterocycles. The summed E-state index contributed by atoms with van der Waals surface area (Å²) in [4.78, 5) is 20.4. The van der Waals surface area contributed by atoms with Crippen LogP contribution in [0.15, 0.2) is 34.5 Å². The molecule has 1 amide bonds. The van der Waals surface area contributed by atoms with E-state index in [1.54, 1.807) is 32.4 Å². The van der Waals surface area contributed by atoms with Crippen LogP contribution in [-0.2, 0) is 0 Å². The van der Waals surface area contributed by atoms with E-state index in [-0.39, 0.29) is 5.96 Å². The van der Waals surface area contributed by atoms with Crippen molar-refractivity contribution >= 4 is 29.2 Å². The number of aliphatic imine (C=N–C) groups is 1. The molecular formula is C18H26N6O2. The minimum absolute atomic E-state index is 0.290. The van der Waals surface area contributed by atoms with Crippen LogP contribution in [0.25, 0.3) is 10.9 Å². The second-order valence-corrected chi connectivity index (χ2v) is 6.06. The normalized spacial score (nSPS) is 11.9. The summed E-state index contributed by atoms with van der Waals surface area (Å²) in [5.74, 6) is 0.758. The average Bonchev–Trinajstić information content (AvgIpc) is 3.01. The Bertz CT molecular complexity index is 794. The smallest absolute Gasteiger partial charge is 0.410 e. The van der Waals surface area contributed by atoms with Gasteiger partial charge in [-0.15, -0.1) is 0 Å². The predicted molar refractivity (Wildman–Crippen MR) is 105 cm³/mol. The van der Waals surface area contributed by atoms with Gasteiger partial charge < -0.3 is 20.4 Å². The highest BCUT2D eigenvalue weighted by Gasteiger charge is 2.09. The summed E-state index contributed by atoms with van der Waals surface area (Å²) in [5, 5.41) is 5.00. The number of fused-ring (bicyclic) bond motifs is 1. The van der Waals surface area contributed by atoms with E-state index in [9.17, 15) is 4.79 Å². The maximum absolute atomic E-state index is 11.7. The van der Waals surface area contributed by atoms with E-state index >= 15 is 0 Å². The number of nitrogens with one attached hydrogen (secondary N) is 2. The zero-order chi connectivity index (χ0) is 18.9. The number of guanidine groups is 1. The third-order valence-corrected chi connectivity index (χ3v) is 3.68. The second-order valence-electron chi connectivity index (χ2n) is 6.06. The number of aromatic amines is 1. The van der Waals surface area contributed by atoms with Crippen molar-refractivity contribution in [2.24, 2.45) is 15.8 Å². The number of nitrogens with two attached hydrogens (primary N) is 1. The summed E-state index contributed by atoms with van der Waals surface area (Å²) in [6.07, 6.45) is 6.33. The van der Waals surface area contributed by atoms with E-state index in [1.807, 2.05) is 12.3 Å². The number of aromatic nitrogens is 1. The van der Waals surface area contributed by atoms with Crippen molar-refractivity contribution in [3.63, 3.8) is 0 Å². The van der Waals surface area contributed by atoms with Gasteiger partial charge in [0.15, 0.2) is 0 Å². The number of nitrogens with zero attached hydrogens (tertiary/aromatic N) is 3. The largest absolute Gasteiger partial charge is 0.414 e. The zero-order valence-corrected chi connectivity index (χ0v) is 15.5.